The van der Waals surface area contributed by atoms with Gasteiger partial charge in [-0.15, -0.1) is 0 Å². The van der Waals surface area contributed by atoms with Crippen molar-refractivity contribution < 1.29 is 19.1 Å². The monoisotopic (exact) mass is 343 g/mol. The van der Waals surface area contributed by atoms with Crippen molar-refractivity contribution in [3.63, 3.8) is 0 Å². The lowest BCUT2D eigenvalue weighted by Crippen LogP contribution is -2.11. The number of halogens is 2. The number of amides is 1. The lowest BCUT2D eigenvalue weighted by Gasteiger charge is -2.06. The highest BCUT2D eigenvalue weighted by atomic mass is 79.9. The first kappa shape index (κ1) is 13.6. The van der Waals surface area contributed by atoms with E-state index in [4.69, 9.17) is 21.1 Å². The van der Waals surface area contributed by atoms with Crippen molar-refractivity contribution in [2.24, 2.45) is 0 Å². The Labute approximate surface area is 121 Å². The Kier molecular flexibility index (Phi) is 3.92. The maximum atomic E-state index is 11.8. The minimum Gasteiger partial charge on any atom is -0.478 e. The summed E-state index contributed by atoms with van der Waals surface area (Å²) in [6.07, 6.45) is 0. The third-order valence-corrected chi connectivity index (χ3v) is 3.00. The number of anilines is 1. The summed E-state index contributed by atoms with van der Waals surface area (Å²) >= 11 is 8.98. The zero-order valence-electron chi connectivity index (χ0n) is 9.31. The quantitative estimate of drug-likeness (QED) is 0.891. The van der Waals surface area contributed by atoms with E-state index in [1.807, 2.05) is 0 Å². The summed E-state index contributed by atoms with van der Waals surface area (Å²) in [7, 11) is 0. The summed E-state index contributed by atoms with van der Waals surface area (Å²) in [5.74, 6) is -1.45. The Bertz CT molecular complexity index is 653. The van der Waals surface area contributed by atoms with E-state index in [9.17, 15) is 9.59 Å². The lowest BCUT2D eigenvalue weighted by atomic mass is 10.2. The molecule has 1 amide bonds. The summed E-state index contributed by atoms with van der Waals surface area (Å²) < 4.78 is 5.52. The molecule has 0 spiro atoms. The molecule has 0 bridgehead atoms. The number of furan rings is 1. The number of rotatable bonds is 3. The molecule has 7 heteroatoms. The number of hydrogen-bond acceptors (Lipinski definition) is 3. The predicted molar refractivity (Wildman–Crippen MR) is 72.8 cm³/mol. The first-order valence-electron chi connectivity index (χ1n) is 5.07. The number of benzene rings is 1. The molecule has 2 rings (SSSR count). The van der Waals surface area contributed by atoms with Crippen LogP contribution in [0.1, 0.15) is 20.9 Å². The van der Waals surface area contributed by atoms with E-state index in [2.05, 4.69) is 21.2 Å². The highest BCUT2D eigenvalue weighted by molar-refractivity contribution is 9.10. The predicted octanol–water partition coefficient (Wildman–Crippen LogP) is 3.65. The van der Waals surface area contributed by atoms with Gasteiger partial charge < -0.3 is 14.8 Å². The summed E-state index contributed by atoms with van der Waals surface area (Å²) in [6.45, 7) is 0. The molecule has 1 aromatic heterocycles. The summed E-state index contributed by atoms with van der Waals surface area (Å²) in [5.41, 5.74) is 0.355. The SMILES string of the molecule is O=C(O)c1ccc(NC(=O)c2ccc(Br)o2)c(Cl)c1. The number of hydrogen-bond donors (Lipinski definition) is 2. The van der Waals surface area contributed by atoms with E-state index in [1.165, 1.54) is 24.3 Å². The fourth-order valence-electron chi connectivity index (χ4n) is 1.37. The van der Waals surface area contributed by atoms with Crippen LogP contribution >= 0.6 is 27.5 Å². The van der Waals surface area contributed by atoms with E-state index < -0.39 is 11.9 Å². The molecule has 0 aliphatic rings. The van der Waals surface area contributed by atoms with Gasteiger partial charge in [-0.25, -0.2) is 4.79 Å². The van der Waals surface area contributed by atoms with E-state index in [-0.39, 0.29) is 16.3 Å². The van der Waals surface area contributed by atoms with Crippen molar-refractivity contribution >= 4 is 45.1 Å². The molecule has 98 valence electrons. The van der Waals surface area contributed by atoms with Gasteiger partial charge in [0.25, 0.3) is 5.91 Å². The third kappa shape index (κ3) is 3.15. The van der Waals surface area contributed by atoms with Gasteiger partial charge >= 0.3 is 5.97 Å². The molecule has 1 aromatic carbocycles. The highest BCUT2D eigenvalue weighted by Crippen LogP contribution is 2.24. The van der Waals surface area contributed by atoms with Crippen LogP contribution in [-0.2, 0) is 0 Å². The molecule has 0 radical (unpaired) electrons. The van der Waals surface area contributed by atoms with Crippen molar-refractivity contribution in [2.75, 3.05) is 5.32 Å². The Morgan fingerprint density at radius 3 is 2.53 bits per heavy atom. The molecule has 19 heavy (non-hydrogen) atoms. The van der Waals surface area contributed by atoms with Crippen molar-refractivity contribution in [1.29, 1.82) is 0 Å². The van der Waals surface area contributed by atoms with Crippen LogP contribution in [0.25, 0.3) is 0 Å². The number of aromatic carboxylic acids is 1. The molecule has 0 atom stereocenters. The van der Waals surface area contributed by atoms with Crippen LogP contribution in [0.5, 0.6) is 0 Å². The molecule has 0 saturated carbocycles. The molecular weight excluding hydrogens is 337 g/mol. The van der Waals surface area contributed by atoms with Gasteiger partial charge in [-0.2, -0.15) is 0 Å². The number of carboxylic acid groups (broad SMARTS) is 1. The van der Waals surface area contributed by atoms with E-state index in [1.54, 1.807) is 6.07 Å². The Morgan fingerprint density at radius 2 is 2.00 bits per heavy atom. The normalized spacial score (nSPS) is 10.2. The molecule has 0 aliphatic carbocycles. The van der Waals surface area contributed by atoms with Crippen molar-refractivity contribution in [3.05, 3.63) is 51.3 Å². The van der Waals surface area contributed by atoms with Gasteiger partial charge in [0, 0.05) is 0 Å². The van der Waals surface area contributed by atoms with Gasteiger partial charge in [0.2, 0.25) is 0 Å². The number of carbonyl (C=O) groups excluding carboxylic acids is 1. The van der Waals surface area contributed by atoms with Crippen LogP contribution in [-0.4, -0.2) is 17.0 Å². The second kappa shape index (κ2) is 5.46. The molecular formula is C12H7BrClNO4. The topological polar surface area (TPSA) is 79.5 Å². The van der Waals surface area contributed by atoms with E-state index >= 15 is 0 Å². The van der Waals surface area contributed by atoms with Crippen LogP contribution in [0.15, 0.2) is 39.4 Å². The minimum atomic E-state index is -1.09. The Hall–Kier alpha value is -1.79. The van der Waals surface area contributed by atoms with E-state index in [0.29, 0.717) is 10.4 Å². The van der Waals surface area contributed by atoms with Crippen LogP contribution in [0.3, 0.4) is 0 Å². The van der Waals surface area contributed by atoms with E-state index in [0.717, 1.165) is 0 Å². The summed E-state index contributed by atoms with van der Waals surface area (Å²) in [6, 6.07) is 7.12. The molecule has 1 heterocycles. The largest absolute Gasteiger partial charge is 0.478 e. The fraction of sp³-hybridized carbons (Fsp3) is 0. The van der Waals surface area contributed by atoms with Crippen molar-refractivity contribution in [1.82, 2.24) is 0 Å². The molecule has 0 saturated heterocycles. The third-order valence-electron chi connectivity index (χ3n) is 2.26. The molecule has 2 aromatic rings. The first-order chi connectivity index (χ1) is 8.97. The summed E-state index contributed by atoms with van der Waals surface area (Å²) in [4.78, 5) is 22.5. The van der Waals surface area contributed by atoms with Crippen LogP contribution < -0.4 is 5.32 Å². The number of carbonyl (C=O) groups is 2. The summed E-state index contributed by atoms with van der Waals surface area (Å²) in [5, 5.41) is 11.5. The lowest BCUT2D eigenvalue weighted by molar-refractivity contribution is 0.0696. The van der Waals surface area contributed by atoms with Gasteiger partial charge in [-0.1, -0.05) is 11.6 Å². The number of nitrogens with one attached hydrogen (secondary N) is 1. The molecule has 2 N–H and O–H groups in total. The maximum Gasteiger partial charge on any atom is 0.335 e. The second-order valence-corrected chi connectivity index (χ2v) is 4.75. The Morgan fingerprint density at radius 1 is 1.26 bits per heavy atom. The maximum absolute atomic E-state index is 11.8. The first-order valence-corrected chi connectivity index (χ1v) is 6.24. The average molecular weight is 345 g/mol. The zero-order chi connectivity index (χ0) is 14.0. The minimum absolute atomic E-state index is 0.0451. The fourth-order valence-corrected chi connectivity index (χ4v) is 1.90. The van der Waals surface area contributed by atoms with Gasteiger partial charge in [0.05, 0.1) is 16.3 Å². The van der Waals surface area contributed by atoms with Crippen molar-refractivity contribution in [3.8, 4) is 0 Å². The van der Waals surface area contributed by atoms with Crippen LogP contribution in [0.2, 0.25) is 5.02 Å². The zero-order valence-corrected chi connectivity index (χ0v) is 11.7. The van der Waals surface area contributed by atoms with Gasteiger partial charge in [-0.3, -0.25) is 4.79 Å². The number of carboxylic acids is 1. The molecule has 0 aliphatic heterocycles. The highest BCUT2D eigenvalue weighted by Gasteiger charge is 2.13. The second-order valence-electron chi connectivity index (χ2n) is 3.56. The van der Waals surface area contributed by atoms with Gasteiger partial charge in [0.15, 0.2) is 10.4 Å². The van der Waals surface area contributed by atoms with Crippen molar-refractivity contribution in [2.45, 2.75) is 0 Å². The van der Waals surface area contributed by atoms with Crippen LogP contribution in [0, 0.1) is 0 Å². The Balaban J connectivity index is 2.20. The van der Waals surface area contributed by atoms with Gasteiger partial charge in [0.1, 0.15) is 0 Å². The molecule has 0 fully saturated rings. The average Bonchev–Trinajstić information content (AvgIpc) is 2.78. The van der Waals surface area contributed by atoms with Crippen LogP contribution in [0.4, 0.5) is 5.69 Å². The smallest absolute Gasteiger partial charge is 0.335 e. The van der Waals surface area contributed by atoms with Gasteiger partial charge in [-0.05, 0) is 46.3 Å². The molecule has 0 unspecified atom stereocenters. The molecule has 5 nitrogen and oxygen atoms in total. The standard InChI is InChI=1S/C12H7BrClNO4/c13-10-4-3-9(19-10)11(16)15-8-2-1-6(12(17)18)5-7(8)14/h1-5H,(H,15,16)(H,17,18).